The molecule has 1 heterocycles. The summed E-state index contributed by atoms with van der Waals surface area (Å²) in [5.74, 6) is 0. The van der Waals surface area contributed by atoms with Gasteiger partial charge in [0.2, 0.25) is 0 Å². The average molecular weight is 122 g/mol. The van der Waals surface area contributed by atoms with Crippen LogP contribution < -0.4 is 0 Å². The van der Waals surface area contributed by atoms with Gasteiger partial charge in [0.1, 0.15) is 0 Å². The summed E-state index contributed by atoms with van der Waals surface area (Å²) in [7, 11) is 0. The Bertz CT molecular complexity index is 195. The molecule has 9 heavy (non-hydrogen) atoms. The molecule has 4 heteroatoms. The maximum Gasteiger partial charge on any atom is 0.0737 e. The number of nitrogens with zero attached hydrogens (tertiary/aromatic N) is 4. The molecule has 0 unspecified atom stereocenters. The van der Waals surface area contributed by atoms with Crippen LogP contribution in [0.25, 0.3) is 0 Å². The standard InChI is InChI=1S/C5H6N4/c6-2-1-5-9-7-3-4-8-9/h3-4H,1,5H2. The highest BCUT2D eigenvalue weighted by Gasteiger charge is 1.87. The van der Waals surface area contributed by atoms with E-state index < -0.39 is 0 Å². The molecule has 1 aromatic rings. The summed E-state index contributed by atoms with van der Waals surface area (Å²) in [5.41, 5.74) is 0. The summed E-state index contributed by atoms with van der Waals surface area (Å²) in [6, 6.07) is 2.01. The molecule has 0 aliphatic carbocycles. The van der Waals surface area contributed by atoms with E-state index in [-0.39, 0.29) is 0 Å². The second kappa shape index (κ2) is 2.82. The normalized spacial score (nSPS) is 8.78. The first-order valence-corrected chi connectivity index (χ1v) is 2.64. The number of aromatic nitrogens is 3. The van der Waals surface area contributed by atoms with E-state index in [1.807, 2.05) is 6.07 Å². The Balaban J connectivity index is 2.41. The van der Waals surface area contributed by atoms with Gasteiger partial charge in [-0.3, -0.25) is 0 Å². The Hall–Kier alpha value is -1.37. The summed E-state index contributed by atoms with van der Waals surface area (Å²) in [6.07, 6.45) is 3.66. The van der Waals surface area contributed by atoms with Crippen LogP contribution in [0, 0.1) is 11.3 Å². The fourth-order valence-corrected chi connectivity index (χ4v) is 0.509. The quantitative estimate of drug-likeness (QED) is 0.562. The van der Waals surface area contributed by atoms with Crippen LogP contribution in [0.2, 0.25) is 0 Å². The first-order valence-electron chi connectivity index (χ1n) is 2.64. The third-order valence-electron chi connectivity index (χ3n) is 0.890. The largest absolute Gasteiger partial charge is 0.198 e. The molecule has 0 saturated carbocycles. The minimum absolute atomic E-state index is 0.467. The summed E-state index contributed by atoms with van der Waals surface area (Å²) >= 11 is 0. The van der Waals surface area contributed by atoms with Crippen molar-refractivity contribution in [3.05, 3.63) is 12.4 Å². The lowest BCUT2D eigenvalue weighted by molar-refractivity contribution is 0.546. The minimum Gasteiger partial charge on any atom is -0.198 e. The van der Waals surface area contributed by atoms with E-state index in [4.69, 9.17) is 5.26 Å². The molecule has 1 aromatic heterocycles. The highest BCUT2D eigenvalue weighted by Crippen LogP contribution is 1.81. The van der Waals surface area contributed by atoms with Gasteiger partial charge in [-0.1, -0.05) is 0 Å². The van der Waals surface area contributed by atoms with Crippen molar-refractivity contribution in [3.8, 4) is 6.07 Å². The van der Waals surface area contributed by atoms with Crippen molar-refractivity contribution in [3.63, 3.8) is 0 Å². The molecule has 0 atom stereocenters. The van der Waals surface area contributed by atoms with E-state index in [2.05, 4.69) is 10.2 Å². The maximum absolute atomic E-state index is 8.15. The molecule has 0 bridgehead atoms. The highest BCUT2D eigenvalue weighted by molar-refractivity contribution is 4.68. The number of nitriles is 1. The third kappa shape index (κ3) is 1.53. The molecule has 46 valence electrons. The number of aryl methyl sites for hydroxylation is 1. The van der Waals surface area contributed by atoms with E-state index in [9.17, 15) is 0 Å². The Kier molecular flexibility index (Phi) is 1.81. The Labute approximate surface area is 52.7 Å². The molecule has 0 saturated heterocycles. The zero-order valence-corrected chi connectivity index (χ0v) is 4.86. The topological polar surface area (TPSA) is 54.5 Å². The molecule has 1 rings (SSSR count). The summed E-state index contributed by atoms with van der Waals surface area (Å²) < 4.78 is 0. The molecule has 0 aromatic carbocycles. The van der Waals surface area contributed by atoms with Gasteiger partial charge in [0.05, 0.1) is 31.4 Å². The second-order valence-electron chi connectivity index (χ2n) is 1.53. The summed E-state index contributed by atoms with van der Waals surface area (Å²) in [5, 5.41) is 15.8. The van der Waals surface area contributed by atoms with Crippen molar-refractivity contribution >= 4 is 0 Å². The monoisotopic (exact) mass is 122 g/mol. The lowest BCUT2D eigenvalue weighted by Crippen LogP contribution is -2.00. The summed E-state index contributed by atoms with van der Waals surface area (Å²) in [4.78, 5) is 1.49. The van der Waals surface area contributed by atoms with Crippen LogP contribution in [0.3, 0.4) is 0 Å². The maximum atomic E-state index is 8.15. The average Bonchev–Trinajstić information content (AvgIpc) is 2.34. The fraction of sp³-hybridized carbons (Fsp3) is 0.400. The molecule has 0 radical (unpaired) electrons. The number of hydrogen-bond donors (Lipinski definition) is 0. The highest BCUT2D eigenvalue weighted by atomic mass is 15.5. The van der Waals surface area contributed by atoms with Gasteiger partial charge in [0.15, 0.2) is 0 Å². The molecule has 0 amide bonds. The Morgan fingerprint density at radius 1 is 1.44 bits per heavy atom. The van der Waals surface area contributed by atoms with Gasteiger partial charge < -0.3 is 0 Å². The van der Waals surface area contributed by atoms with Crippen LogP contribution in [-0.4, -0.2) is 15.0 Å². The Morgan fingerprint density at radius 2 is 2.11 bits per heavy atom. The lowest BCUT2D eigenvalue weighted by Gasteiger charge is -1.89. The van der Waals surface area contributed by atoms with E-state index in [1.165, 1.54) is 4.80 Å². The molecule has 0 N–H and O–H groups in total. The van der Waals surface area contributed by atoms with E-state index in [0.717, 1.165) is 0 Å². The van der Waals surface area contributed by atoms with Gasteiger partial charge in [-0.2, -0.15) is 20.3 Å². The second-order valence-corrected chi connectivity index (χ2v) is 1.53. The smallest absolute Gasteiger partial charge is 0.0737 e. The van der Waals surface area contributed by atoms with Gasteiger partial charge in [-0.15, -0.1) is 0 Å². The van der Waals surface area contributed by atoms with Crippen molar-refractivity contribution in [2.75, 3.05) is 0 Å². The molecular formula is C5H6N4. The van der Waals surface area contributed by atoms with Crippen LogP contribution in [0.1, 0.15) is 6.42 Å². The van der Waals surface area contributed by atoms with Crippen molar-refractivity contribution in [2.45, 2.75) is 13.0 Å². The number of hydrogen-bond acceptors (Lipinski definition) is 3. The predicted octanol–water partition coefficient (Wildman–Crippen LogP) is 0.192. The van der Waals surface area contributed by atoms with Gasteiger partial charge in [-0.25, -0.2) is 0 Å². The zero-order valence-electron chi connectivity index (χ0n) is 4.86. The van der Waals surface area contributed by atoms with E-state index >= 15 is 0 Å². The third-order valence-corrected chi connectivity index (χ3v) is 0.890. The molecular weight excluding hydrogens is 116 g/mol. The van der Waals surface area contributed by atoms with Crippen LogP contribution in [0.4, 0.5) is 0 Å². The minimum atomic E-state index is 0.467. The van der Waals surface area contributed by atoms with Crippen molar-refractivity contribution in [2.24, 2.45) is 0 Å². The van der Waals surface area contributed by atoms with Crippen molar-refractivity contribution in [1.29, 1.82) is 5.26 Å². The summed E-state index contributed by atoms with van der Waals surface area (Å²) in [6.45, 7) is 0.587. The van der Waals surface area contributed by atoms with Crippen LogP contribution in [-0.2, 0) is 6.54 Å². The van der Waals surface area contributed by atoms with Crippen molar-refractivity contribution < 1.29 is 0 Å². The lowest BCUT2D eigenvalue weighted by atomic mass is 10.5. The van der Waals surface area contributed by atoms with Gasteiger partial charge in [-0.05, 0) is 0 Å². The van der Waals surface area contributed by atoms with Crippen molar-refractivity contribution in [1.82, 2.24) is 15.0 Å². The molecule has 0 aliphatic rings. The fourth-order valence-electron chi connectivity index (χ4n) is 0.509. The van der Waals surface area contributed by atoms with Gasteiger partial charge in [0, 0.05) is 0 Å². The van der Waals surface area contributed by atoms with E-state index in [0.29, 0.717) is 13.0 Å². The molecule has 0 aliphatic heterocycles. The Morgan fingerprint density at radius 3 is 2.67 bits per heavy atom. The van der Waals surface area contributed by atoms with Crippen LogP contribution in [0.15, 0.2) is 12.4 Å². The molecule has 4 nitrogen and oxygen atoms in total. The molecule has 0 fully saturated rings. The van der Waals surface area contributed by atoms with Crippen LogP contribution in [0.5, 0.6) is 0 Å². The predicted molar refractivity (Wildman–Crippen MR) is 30.3 cm³/mol. The molecule has 0 spiro atoms. The SMILES string of the molecule is N#CCCn1nccn1. The first kappa shape index (κ1) is 5.76. The van der Waals surface area contributed by atoms with Gasteiger partial charge >= 0.3 is 0 Å². The zero-order chi connectivity index (χ0) is 6.53. The number of rotatable bonds is 2. The van der Waals surface area contributed by atoms with E-state index in [1.54, 1.807) is 12.4 Å². The van der Waals surface area contributed by atoms with Crippen LogP contribution >= 0.6 is 0 Å². The first-order chi connectivity index (χ1) is 4.43. The van der Waals surface area contributed by atoms with Gasteiger partial charge in [0.25, 0.3) is 0 Å².